The van der Waals surface area contributed by atoms with E-state index in [0.29, 0.717) is 0 Å². The molecule has 0 heterocycles. The maximum atomic E-state index is 5.40. The Hall–Kier alpha value is -1.04. The molecule has 129 valence electrons. The number of hydrogen-bond donors (Lipinski definition) is 0. The molecule has 0 N–H and O–H groups in total. The number of benzene rings is 1. The second kappa shape index (κ2) is 14.5. The van der Waals surface area contributed by atoms with Gasteiger partial charge in [-0.1, -0.05) is 95.2 Å². The van der Waals surface area contributed by atoms with Gasteiger partial charge in [0.15, 0.2) is 0 Å². The van der Waals surface area contributed by atoms with Crippen molar-refractivity contribution in [1.29, 1.82) is 0 Å². The van der Waals surface area contributed by atoms with E-state index in [1.807, 2.05) is 0 Å². The van der Waals surface area contributed by atoms with Gasteiger partial charge in [-0.15, -0.1) is 0 Å². The first-order valence-electron chi connectivity index (χ1n) is 9.98. The van der Waals surface area contributed by atoms with Gasteiger partial charge in [-0.3, -0.25) is 0 Å². The second-order valence-corrected chi connectivity index (χ2v) is 6.88. The quantitative estimate of drug-likeness (QED) is 0.295. The van der Waals surface area contributed by atoms with Crippen LogP contribution in [-0.2, 0) is 12.8 Å². The van der Waals surface area contributed by atoms with Gasteiger partial charge in [0.1, 0.15) is 0 Å². The van der Waals surface area contributed by atoms with Crippen LogP contribution in [0.4, 0.5) is 0 Å². The van der Waals surface area contributed by atoms with E-state index in [0.717, 1.165) is 6.42 Å². The lowest BCUT2D eigenvalue weighted by atomic mass is 10.0. The largest absolute Gasteiger partial charge is 0.0845 e. The van der Waals surface area contributed by atoms with Gasteiger partial charge in [-0.25, -0.2) is 0 Å². The predicted octanol–water partition coefficient (Wildman–Crippen LogP) is 7.46. The van der Waals surface area contributed by atoms with Crippen LogP contribution in [0.2, 0.25) is 0 Å². The van der Waals surface area contributed by atoms with Gasteiger partial charge in [0.25, 0.3) is 0 Å². The summed E-state index contributed by atoms with van der Waals surface area (Å²) in [5.41, 5.74) is 3.00. The fourth-order valence-corrected chi connectivity index (χ4v) is 3.10. The Morgan fingerprint density at radius 2 is 1.09 bits per heavy atom. The first kappa shape index (κ1) is 20.0. The normalized spacial score (nSPS) is 10.8. The smallest absolute Gasteiger partial charge is 0.0279 e. The Morgan fingerprint density at radius 1 is 0.652 bits per heavy atom. The molecule has 0 aliphatic rings. The van der Waals surface area contributed by atoms with Gasteiger partial charge in [0, 0.05) is 0 Å². The highest BCUT2D eigenvalue weighted by Gasteiger charge is 1.97. The van der Waals surface area contributed by atoms with Gasteiger partial charge in [0.2, 0.25) is 0 Å². The van der Waals surface area contributed by atoms with Crippen molar-refractivity contribution in [3.05, 3.63) is 48.0 Å². The van der Waals surface area contributed by atoms with Crippen LogP contribution in [0.25, 0.3) is 0 Å². The zero-order valence-corrected chi connectivity index (χ0v) is 15.4. The van der Waals surface area contributed by atoms with E-state index in [2.05, 4.69) is 31.2 Å². The third-order valence-corrected chi connectivity index (χ3v) is 4.68. The fraction of sp³-hybridized carbons (Fsp3) is 0.652. The summed E-state index contributed by atoms with van der Waals surface area (Å²) in [6, 6.07) is 9.33. The van der Waals surface area contributed by atoms with E-state index in [1.54, 1.807) is 6.08 Å². The summed E-state index contributed by atoms with van der Waals surface area (Å²) in [6.45, 7) is 7.68. The summed E-state index contributed by atoms with van der Waals surface area (Å²) < 4.78 is 0. The standard InChI is InChI=1S/C23H37/c1-3-5-7-9-10-11-13-15-17-23-20-18-22(19-21-23)16-14-12-8-6-4-2/h2,4,18-21H,3,5-17H2,1H3. The first-order chi connectivity index (χ1) is 11.4. The lowest BCUT2D eigenvalue weighted by molar-refractivity contribution is 0.575. The van der Waals surface area contributed by atoms with Crippen molar-refractivity contribution >= 4 is 0 Å². The third kappa shape index (κ3) is 11.2. The Morgan fingerprint density at radius 3 is 1.57 bits per heavy atom. The maximum Gasteiger partial charge on any atom is -0.0279 e. The van der Waals surface area contributed by atoms with E-state index >= 15 is 0 Å². The van der Waals surface area contributed by atoms with Gasteiger partial charge in [-0.05, 0) is 49.7 Å². The molecular formula is C23H37. The molecule has 23 heavy (non-hydrogen) atoms. The fourth-order valence-electron chi connectivity index (χ4n) is 3.10. The molecule has 0 aliphatic carbocycles. The minimum Gasteiger partial charge on any atom is -0.0845 e. The topological polar surface area (TPSA) is 0 Å². The van der Waals surface area contributed by atoms with E-state index in [4.69, 9.17) is 6.58 Å². The van der Waals surface area contributed by atoms with Crippen LogP contribution in [0.1, 0.15) is 95.1 Å². The van der Waals surface area contributed by atoms with Gasteiger partial charge >= 0.3 is 0 Å². The molecule has 0 aromatic heterocycles. The summed E-state index contributed by atoms with van der Waals surface area (Å²) in [4.78, 5) is 0. The number of unbranched alkanes of at least 4 members (excludes halogenated alkanes) is 10. The van der Waals surface area contributed by atoms with Crippen molar-refractivity contribution in [2.75, 3.05) is 0 Å². The van der Waals surface area contributed by atoms with Crippen molar-refractivity contribution in [2.24, 2.45) is 0 Å². The lowest BCUT2D eigenvalue weighted by Gasteiger charge is -2.05. The minimum absolute atomic E-state index is 1.05. The van der Waals surface area contributed by atoms with Crippen LogP contribution >= 0.6 is 0 Å². The molecule has 0 aliphatic heterocycles. The molecule has 1 aromatic rings. The van der Waals surface area contributed by atoms with E-state index in [-0.39, 0.29) is 0 Å². The molecule has 0 saturated carbocycles. The summed E-state index contributed by atoms with van der Waals surface area (Å²) in [5, 5.41) is 0. The van der Waals surface area contributed by atoms with Crippen LogP contribution in [0.15, 0.2) is 30.3 Å². The second-order valence-electron chi connectivity index (χ2n) is 6.88. The number of allylic oxidation sites excluding steroid dienone is 1. The summed E-state index contributed by atoms with van der Waals surface area (Å²) >= 11 is 0. The SMILES string of the molecule is [CH]=CCCCCCc1ccc(CCCCCCCCCC)cc1. The number of aryl methyl sites for hydroxylation is 2. The molecule has 0 amide bonds. The average molecular weight is 314 g/mol. The van der Waals surface area contributed by atoms with Crippen LogP contribution in [-0.4, -0.2) is 0 Å². The lowest BCUT2D eigenvalue weighted by Crippen LogP contribution is -1.90. The Kier molecular flexibility index (Phi) is 12.7. The highest BCUT2D eigenvalue weighted by atomic mass is 14.0. The predicted molar refractivity (Wildman–Crippen MR) is 104 cm³/mol. The molecule has 1 rings (SSSR count). The molecule has 1 aromatic carbocycles. The zero-order chi connectivity index (χ0) is 16.6. The van der Waals surface area contributed by atoms with Gasteiger partial charge in [-0.2, -0.15) is 0 Å². The van der Waals surface area contributed by atoms with Gasteiger partial charge in [0.05, 0.1) is 0 Å². The molecular weight excluding hydrogens is 276 g/mol. The molecule has 0 heteroatoms. The highest BCUT2D eigenvalue weighted by Crippen LogP contribution is 2.13. The van der Waals surface area contributed by atoms with Crippen molar-refractivity contribution in [1.82, 2.24) is 0 Å². The molecule has 0 atom stereocenters. The van der Waals surface area contributed by atoms with E-state index < -0.39 is 0 Å². The van der Waals surface area contributed by atoms with Crippen molar-refractivity contribution in [3.63, 3.8) is 0 Å². The average Bonchev–Trinajstić information content (AvgIpc) is 2.58. The number of rotatable bonds is 15. The Bertz CT molecular complexity index is 374. The van der Waals surface area contributed by atoms with E-state index in [9.17, 15) is 0 Å². The molecule has 0 nitrogen and oxygen atoms in total. The molecule has 0 fully saturated rings. The van der Waals surface area contributed by atoms with Crippen molar-refractivity contribution in [3.8, 4) is 0 Å². The summed E-state index contributed by atoms with van der Waals surface area (Å²) in [6.07, 6.45) is 20.3. The molecule has 1 radical (unpaired) electrons. The van der Waals surface area contributed by atoms with Gasteiger partial charge < -0.3 is 0 Å². The number of hydrogen-bond acceptors (Lipinski definition) is 0. The molecule has 0 unspecified atom stereocenters. The molecule has 0 bridgehead atoms. The monoisotopic (exact) mass is 313 g/mol. The van der Waals surface area contributed by atoms with E-state index in [1.165, 1.54) is 94.6 Å². The van der Waals surface area contributed by atoms with Crippen LogP contribution < -0.4 is 0 Å². The van der Waals surface area contributed by atoms with Crippen LogP contribution in [0.5, 0.6) is 0 Å². The minimum atomic E-state index is 1.05. The summed E-state index contributed by atoms with van der Waals surface area (Å²) in [5.74, 6) is 0. The third-order valence-electron chi connectivity index (χ3n) is 4.68. The van der Waals surface area contributed by atoms with Crippen molar-refractivity contribution < 1.29 is 0 Å². The Balaban J connectivity index is 2.04. The maximum absolute atomic E-state index is 5.40. The molecule has 0 saturated heterocycles. The molecule has 0 spiro atoms. The highest BCUT2D eigenvalue weighted by molar-refractivity contribution is 5.22. The Labute approximate surface area is 145 Å². The first-order valence-corrected chi connectivity index (χ1v) is 9.98. The van der Waals surface area contributed by atoms with Crippen LogP contribution in [0, 0.1) is 6.58 Å². The van der Waals surface area contributed by atoms with Crippen LogP contribution in [0.3, 0.4) is 0 Å². The van der Waals surface area contributed by atoms with Crippen molar-refractivity contribution in [2.45, 2.75) is 96.8 Å². The zero-order valence-electron chi connectivity index (χ0n) is 15.4. The summed E-state index contributed by atoms with van der Waals surface area (Å²) in [7, 11) is 0.